The smallest absolute Gasteiger partial charge is 0.236 e. The van der Waals surface area contributed by atoms with Gasteiger partial charge >= 0.3 is 0 Å². The minimum Gasteiger partial charge on any atom is -0.354 e. The molecule has 0 bridgehead atoms. The molecule has 0 aromatic heterocycles. The molecule has 0 fully saturated rings. The van der Waals surface area contributed by atoms with Gasteiger partial charge in [0.1, 0.15) is 0 Å². The predicted molar refractivity (Wildman–Crippen MR) is 90.9 cm³/mol. The standard InChI is InChI=1S/C14H21N3O2S.ClH/c1-20-10-8-12(15)14(19)16-9-7-13(18)17-11-5-3-2-4-6-11;/h2-6,12H,7-10,15H2,1H3,(H,16,19)(H,17,18);1H/t12-;/m0./s1. The fourth-order valence-corrected chi connectivity index (χ4v) is 2.04. The monoisotopic (exact) mass is 331 g/mol. The molecule has 21 heavy (non-hydrogen) atoms. The van der Waals surface area contributed by atoms with Gasteiger partial charge < -0.3 is 16.4 Å². The Balaban J connectivity index is 0.00000400. The number of carbonyl (C=O) groups is 2. The topological polar surface area (TPSA) is 84.2 Å². The lowest BCUT2D eigenvalue weighted by atomic mass is 10.2. The largest absolute Gasteiger partial charge is 0.354 e. The van der Waals surface area contributed by atoms with E-state index in [1.54, 1.807) is 11.8 Å². The number of amides is 2. The molecule has 2 amide bonds. The summed E-state index contributed by atoms with van der Waals surface area (Å²) in [5.74, 6) is 0.518. The molecule has 0 radical (unpaired) electrons. The lowest BCUT2D eigenvalue weighted by molar-refractivity contribution is -0.122. The van der Waals surface area contributed by atoms with Gasteiger partial charge in [0.05, 0.1) is 6.04 Å². The van der Waals surface area contributed by atoms with Crippen molar-refractivity contribution in [3.8, 4) is 0 Å². The summed E-state index contributed by atoms with van der Waals surface area (Å²) in [4.78, 5) is 23.3. The van der Waals surface area contributed by atoms with Crippen LogP contribution in [0.25, 0.3) is 0 Å². The van der Waals surface area contributed by atoms with Crippen LogP contribution in [-0.2, 0) is 9.59 Å². The van der Waals surface area contributed by atoms with E-state index in [0.29, 0.717) is 13.0 Å². The molecule has 0 saturated heterocycles. The molecule has 5 nitrogen and oxygen atoms in total. The van der Waals surface area contributed by atoms with Crippen LogP contribution in [0.1, 0.15) is 12.8 Å². The van der Waals surface area contributed by atoms with Crippen molar-refractivity contribution in [1.29, 1.82) is 0 Å². The summed E-state index contributed by atoms with van der Waals surface area (Å²) in [6, 6.07) is 8.71. The van der Waals surface area contributed by atoms with Gasteiger partial charge in [-0.25, -0.2) is 0 Å². The number of benzene rings is 1. The third-order valence-corrected chi connectivity index (χ3v) is 3.32. The number of nitrogens with two attached hydrogens (primary N) is 1. The van der Waals surface area contributed by atoms with E-state index in [9.17, 15) is 9.59 Å². The Bertz CT molecular complexity index is 431. The molecule has 118 valence electrons. The van der Waals surface area contributed by atoms with Crippen LogP contribution in [0.4, 0.5) is 5.69 Å². The number of anilines is 1. The molecule has 1 aromatic rings. The van der Waals surface area contributed by atoms with Crippen LogP contribution in [0.5, 0.6) is 0 Å². The van der Waals surface area contributed by atoms with Crippen molar-refractivity contribution in [3.05, 3.63) is 30.3 Å². The van der Waals surface area contributed by atoms with E-state index in [2.05, 4.69) is 10.6 Å². The summed E-state index contributed by atoms with van der Waals surface area (Å²) in [6.45, 7) is 0.296. The molecule has 0 heterocycles. The molecule has 1 rings (SSSR count). The molecule has 1 aromatic carbocycles. The van der Waals surface area contributed by atoms with Crippen molar-refractivity contribution in [1.82, 2.24) is 5.32 Å². The first-order valence-electron chi connectivity index (χ1n) is 6.50. The normalized spacial score (nSPS) is 11.1. The summed E-state index contributed by atoms with van der Waals surface area (Å²) in [7, 11) is 0. The fraction of sp³-hybridized carbons (Fsp3) is 0.429. The fourth-order valence-electron chi connectivity index (χ4n) is 1.55. The molecule has 0 unspecified atom stereocenters. The van der Waals surface area contributed by atoms with Crippen LogP contribution in [0.3, 0.4) is 0 Å². The van der Waals surface area contributed by atoms with Crippen molar-refractivity contribution in [2.24, 2.45) is 5.73 Å². The Hall–Kier alpha value is -1.24. The summed E-state index contributed by atoms with van der Waals surface area (Å²) in [5, 5.41) is 5.43. The van der Waals surface area contributed by atoms with Gasteiger partial charge in [0, 0.05) is 18.7 Å². The van der Waals surface area contributed by atoms with E-state index < -0.39 is 6.04 Å². The average molecular weight is 332 g/mol. The second kappa shape index (κ2) is 11.4. The van der Waals surface area contributed by atoms with E-state index in [-0.39, 0.29) is 30.6 Å². The Labute approximate surface area is 135 Å². The van der Waals surface area contributed by atoms with E-state index in [0.717, 1.165) is 11.4 Å². The minimum absolute atomic E-state index is 0. The number of hydrogen-bond donors (Lipinski definition) is 3. The zero-order valence-electron chi connectivity index (χ0n) is 12.0. The quantitative estimate of drug-likeness (QED) is 0.676. The second-order valence-corrected chi connectivity index (χ2v) is 5.33. The van der Waals surface area contributed by atoms with Crippen LogP contribution in [-0.4, -0.2) is 36.4 Å². The maximum Gasteiger partial charge on any atom is 0.236 e. The Morgan fingerprint density at radius 3 is 2.57 bits per heavy atom. The molecule has 0 spiro atoms. The van der Waals surface area contributed by atoms with Crippen LogP contribution in [0.2, 0.25) is 0 Å². The van der Waals surface area contributed by atoms with Crippen LogP contribution < -0.4 is 16.4 Å². The van der Waals surface area contributed by atoms with Gasteiger partial charge in [0.15, 0.2) is 0 Å². The Morgan fingerprint density at radius 1 is 1.29 bits per heavy atom. The molecule has 4 N–H and O–H groups in total. The number of thioether (sulfide) groups is 1. The number of halogens is 1. The van der Waals surface area contributed by atoms with Crippen molar-refractivity contribution < 1.29 is 9.59 Å². The second-order valence-electron chi connectivity index (χ2n) is 4.34. The number of para-hydroxylation sites is 1. The van der Waals surface area contributed by atoms with Crippen molar-refractivity contribution in [2.45, 2.75) is 18.9 Å². The van der Waals surface area contributed by atoms with E-state index in [4.69, 9.17) is 5.73 Å². The summed E-state index contributed by atoms with van der Waals surface area (Å²) in [5.41, 5.74) is 6.47. The highest BCUT2D eigenvalue weighted by molar-refractivity contribution is 7.98. The highest BCUT2D eigenvalue weighted by atomic mass is 35.5. The van der Waals surface area contributed by atoms with Gasteiger partial charge in [-0.1, -0.05) is 18.2 Å². The average Bonchev–Trinajstić information content (AvgIpc) is 2.45. The highest BCUT2D eigenvalue weighted by Gasteiger charge is 2.12. The zero-order valence-corrected chi connectivity index (χ0v) is 13.6. The van der Waals surface area contributed by atoms with E-state index in [1.807, 2.05) is 36.6 Å². The first-order chi connectivity index (χ1) is 9.63. The van der Waals surface area contributed by atoms with Crippen molar-refractivity contribution >= 4 is 41.7 Å². The van der Waals surface area contributed by atoms with Gasteiger partial charge in [0.2, 0.25) is 11.8 Å². The third kappa shape index (κ3) is 8.60. The van der Waals surface area contributed by atoms with Gasteiger partial charge in [-0.05, 0) is 30.6 Å². The molecule has 1 atom stereocenters. The summed E-state index contributed by atoms with van der Waals surface area (Å²) < 4.78 is 0. The lowest BCUT2D eigenvalue weighted by Crippen LogP contribution is -2.41. The van der Waals surface area contributed by atoms with E-state index in [1.165, 1.54) is 0 Å². The van der Waals surface area contributed by atoms with Crippen LogP contribution in [0.15, 0.2) is 30.3 Å². The van der Waals surface area contributed by atoms with Crippen LogP contribution in [0, 0.1) is 0 Å². The van der Waals surface area contributed by atoms with Crippen molar-refractivity contribution in [2.75, 3.05) is 23.9 Å². The Kier molecular flexibility index (Phi) is 10.7. The molecular weight excluding hydrogens is 310 g/mol. The predicted octanol–water partition coefficient (Wildman–Crippen LogP) is 1.63. The number of rotatable bonds is 8. The molecule has 0 aliphatic carbocycles. The molecular formula is C14H22ClN3O2S. The SMILES string of the molecule is CSCC[C@H](N)C(=O)NCCC(=O)Nc1ccccc1.Cl. The van der Waals surface area contributed by atoms with Gasteiger partial charge in [0.25, 0.3) is 0 Å². The molecule has 0 saturated carbocycles. The summed E-state index contributed by atoms with van der Waals surface area (Å²) in [6.07, 6.45) is 2.84. The molecule has 0 aliphatic rings. The van der Waals surface area contributed by atoms with Crippen molar-refractivity contribution in [3.63, 3.8) is 0 Å². The lowest BCUT2D eigenvalue weighted by Gasteiger charge is -2.11. The first-order valence-corrected chi connectivity index (χ1v) is 7.90. The third-order valence-electron chi connectivity index (χ3n) is 2.68. The van der Waals surface area contributed by atoms with Gasteiger partial charge in [-0.2, -0.15) is 11.8 Å². The van der Waals surface area contributed by atoms with Crippen LogP contribution >= 0.6 is 24.2 Å². The first kappa shape index (κ1) is 19.8. The summed E-state index contributed by atoms with van der Waals surface area (Å²) >= 11 is 1.65. The molecule has 7 heteroatoms. The number of hydrogen-bond acceptors (Lipinski definition) is 4. The van der Waals surface area contributed by atoms with E-state index >= 15 is 0 Å². The molecule has 0 aliphatic heterocycles. The van der Waals surface area contributed by atoms with Gasteiger partial charge in [-0.3, -0.25) is 9.59 Å². The highest BCUT2D eigenvalue weighted by Crippen LogP contribution is 2.05. The number of nitrogens with one attached hydrogen (secondary N) is 2. The Morgan fingerprint density at radius 2 is 1.95 bits per heavy atom. The maximum atomic E-state index is 11.6. The maximum absolute atomic E-state index is 11.6. The minimum atomic E-state index is -0.500. The van der Waals surface area contributed by atoms with Gasteiger partial charge in [-0.15, -0.1) is 12.4 Å². The number of carbonyl (C=O) groups excluding carboxylic acids is 2. The zero-order chi connectivity index (χ0) is 14.8.